The van der Waals surface area contributed by atoms with Crippen molar-refractivity contribution in [2.75, 3.05) is 11.9 Å². The number of nitrogens with one attached hydrogen (secondary N) is 1. The van der Waals surface area contributed by atoms with Gasteiger partial charge in [0.25, 0.3) is 0 Å². The number of para-hydroxylation sites is 2. The first kappa shape index (κ1) is 17.3. The molecule has 25 heavy (non-hydrogen) atoms. The van der Waals surface area contributed by atoms with Gasteiger partial charge in [0.1, 0.15) is 11.9 Å². The Balaban J connectivity index is 2.27. The third-order valence-electron chi connectivity index (χ3n) is 4.81. The molecule has 0 radical (unpaired) electrons. The van der Waals surface area contributed by atoms with E-state index in [9.17, 15) is 5.26 Å². The summed E-state index contributed by atoms with van der Waals surface area (Å²) in [6.07, 6.45) is 5.58. The Morgan fingerprint density at radius 3 is 2.68 bits per heavy atom. The summed E-state index contributed by atoms with van der Waals surface area (Å²) >= 11 is 0. The lowest BCUT2D eigenvalue weighted by Crippen LogP contribution is -2.12. The number of unbranched alkanes of at least 4 members (excludes halogenated alkanes) is 2. The molecule has 1 N–H and O–H groups in total. The van der Waals surface area contributed by atoms with Crippen molar-refractivity contribution in [2.45, 2.75) is 52.9 Å². The summed E-state index contributed by atoms with van der Waals surface area (Å²) < 4.78 is 2.15. The van der Waals surface area contributed by atoms with E-state index in [1.165, 1.54) is 18.4 Å². The van der Waals surface area contributed by atoms with Gasteiger partial charge in [-0.3, -0.25) is 4.40 Å². The second-order valence-corrected chi connectivity index (χ2v) is 6.58. The molecule has 0 fully saturated rings. The molecule has 4 heteroatoms. The number of pyridine rings is 1. The third kappa shape index (κ3) is 3.07. The number of nitriles is 1. The average Bonchev–Trinajstić information content (AvgIpc) is 3.00. The van der Waals surface area contributed by atoms with E-state index in [0.717, 1.165) is 53.9 Å². The van der Waals surface area contributed by atoms with Gasteiger partial charge in [-0.2, -0.15) is 5.26 Å². The maximum absolute atomic E-state index is 9.75. The molecule has 0 saturated carbocycles. The van der Waals surface area contributed by atoms with Gasteiger partial charge in [0.2, 0.25) is 0 Å². The van der Waals surface area contributed by atoms with Gasteiger partial charge in [0.05, 0.1) is 16.6 Å². The van der Waals surface area contributed by atoms with Crippen LogP contribution in [0.3, 0.4) is 0 Å². The van der Waals surface area contributed by atoms with Crippen LogP contribution in [-0.4, -0.2) is 15.9 Å². The van der Waals surface area contributed by atoms with Crippen LogP contribution in [0.25, 0.3) is 16.7 Å². The fourth-order valence-corrected chi connectivity index (χ4v) is 3.51. The number of anilines is 1. The molecule has 0 aliphatic carbocycles. The minimum absolute atomic E-state index is 0.693. The molecule has 0 aliphatic heterocycles. The summed E-state index contributed by atoms with van der Waals surface area (Å²) in [7, 11) is 0. The highest BCUT2D eigenvalue weighted by Crippen LogP contribution is 2.31. The molecular weight excluding hydrogens is 308 g/mol. The van der Waals surface area contributed by atoms with Gasteiger partial charge in [-0.25, -0.2) is 4.98 Å². The summed E-state index contributed by atoms with van der Waals surface area (Å²) in [4.78, 5) is 4.75. The Kier molecular flexibility index (Phi) is 5.23. The molecule has 3 rings (SSSR count). The van der Waals surface area contributed by atoms with Gasteiger partial charge < -0.3 is 5.32 Å². The monoisotopic (exact) mass is 334 g/mol. The molecule has 1 aromatic carbocycles. The first-order valence-electron chi connectivity index (χ1n) is 9.29. The number of nitrogens with zero attached hydrogens (tertiary/aromatic N) is 3. The SMILES string of the molecule is CCCCCNc1c(CCC)c(C)c(C#N)c2nc3ccccc3n12. The lowest BCUT2D eigenvalue weighted by Gasteiger charge is -2.18. The average molecular weight is 334 g/mol. The summed E-state index contributed by atoms with van der Waals surface area (Å²) in [5, 5.41) is 13.4. The predicted molar refractivity (Wildman–Crippen MR) is 104 cm³/mol. The van der Waals surface area contributed by atoms with Crippen molar-refractivity contribution in [1.82, 2.24) is 9.38 Å². The molecule has 0 unspecified atom stereocenters. The number of fused-ring (bicyclic) bond motifs is 3. The highest BCUT2D eigenvalue weighted by Gasteiger charge is 2.19. The minimum atomic E-state index is 0.693. The maximum Gasteiger partial charge on any atom is 0.157 e. The quantitative estimate of drug-likeness (QED) is 0.602. The molecule has 130 valence electrons. The Labute approximate surface area is 149 Å². The highest BCUT2D eigenvalue weighted by molar-refractivity contribution is 5.86. The van der Waals surface area contributed by atoms with Crippen LogP contribution in [0, 0.1) is 18.3 Å². The van der Waals surface area contributed by atoms with Crippen LogP contribution < -0.4 is 5.32 Å². The maximum atomic E-state index is 9.75. The van der Waals surface area contributed by atoms with E-state index in [4.69, 9.17) is 4.98 Å². The highest BCUT2D eigenvalue weighted by atomic mass is 15.1. The molecular formula is C21H26N4. The molecule has 0 atom stereocenters. The Hall–Kier alpha value is -2.54. The molecule has 0 amide bonds. The second kappa shape index (κ2) is 7.57. The van der Waals surface area contributed by atoms with E-state index in [0.29, 0.717) is 5.56 Å². The van der Waals surface area contributed by atoms with E-state index < -0.39 is 0 Å². The molecule has 4 nitrogen and oxygen atoms in total. The van der Waals surface area contributed by atoms with E-state index >= 15 is 0 Å². The van der Waals surface area contributed by atoms with Gasteiger partial charge in [-0.1, -0.05) is 45.2 Å². The first-order valence-corrected chi connectivity index (χ1v) is 9.29. The van der Waals surface area contributed by atoms with Crippen LogP contribution in [0.15, 0.2) is 24.3 Å². The standard InChI is InChI=1S/C21H26N4/c1-4-6-9-13-23-20-16(10-5-2)15(3)17(14-22)21-24-18-11-7-8-12-19(18)25(20)21/h7-8,11-12,23H,4-6,9-10,13H2,1-3H3. The van der Waals surface area contributed by atoms with Crippen LogP contribution in [0.5, 0.6) is 0 Å². The van der Waals surface area contributed by atoms with Gasteiger partial charge in [-0.05, 0) is 43.0 Å². The predicted octanol–water partition coefficient (Wildman–Crippen LogP) is 5.22. The normalized spacial score (nSPS) is 11.1. The number of aromatic nitrogens is 2. The van der Waals surface area contributed by atoms with E-state index in [1.807, 2.05) is 18.2 Å². The van der Waals surface area contributed by atoms with Crippen molar-refractivity contribution >= 4 is 22.5 Å². The second-order valence-electron chi connectivity index (χ2n) is 6.58. The molecule has 3 aromatic rings. The van der Waals surface area contributed by atoms with Gasteiger partial charge >= 0.3 is 0 Å². The van der Waals surface area contributed by atoms with Gasteiger partial charge in [0.15, 0.2) is 5.65 Å². The van der Waals surface area contributed by atoms with E-state index in [1.54, 1.807) is 0 Å². The fourth-order valence-electron chi connectivity index (χ4n) is 3.51. The molecule has 0 aliphatic rings. The number of rotatable bonds is 7. The Morgan fingerprint density at radius 2 is 1.96 bits per heavy atom. The molecule has 2 heterocycles. The molecule has 2 aromatic heterocycles. The smallest absolute Gasteiger partial charge is 0.157 e. The fraction of sp³-hybridized carbons (Fsp3) is 0.429. The third-order valence-corrected chi connectivity index (χ3v) is 4.81. The van der Waals surface area contributed by atoms with Crippen LogP contribution in [0.4, 0.5) is 5.82 Å². The topological polar surface area (TPSA) is 53.1 Å². The molecule has 0 bridgehead atoms. The van der Waals surface area contributed by atoms with Crippen molar-refractivity contribution < 1.29 is 0 Å². The van der Waals surface area contributed by atoms with E-state index in [2.05, 4.69) is 42.6 Å². The van der Waals surface area contributed by atoms with Crippen molar-refractivity contribution in [3.63, 3.8) is 0 Å². The van der Waals surface area contributed by atoms with Crippen LogP contribution in [0.1, 0.15) is 56.2 Å². The number of imidazole rings is 1. The lowest BCUT2D eigenvalue weighted by atomic mass is 10.0. The summed E-state index contributed by atoms with van der Waals surface area (Å²) in [6, 6.07) is 10.5. The first-order chi connectivity index (χ1) is 12.2. The Bertz CT molecular complexity index is 931. The molecule has 0 saturated heterocycles. The lowest BCUT2D eigenvalue weighted by molar-refractivity contribution is 0.740. The van der Waals surface area contributed by atoms with Crippen molar-refractivity contribution in [2.24, 2.45) is 0 Å². The minimum Gasteiger partial charge on any atom is -0.371 e. The van der Waals surface area contributed by atoms with Gasteiger partial charge in [-0.15, -0.1) is 0 Å². The van der Waals surface area contributed by atoms with Crippen LogP contribution in [0.2, 0.25) is 0 Å². The largest absolute Gasteiger partial charge is 0.371 e. The van der Waals surface area contributed by atoms with Gasteiger partial charge in [0, 0.05) is 6.54 Å². The summed E-state index contributed by atoms with van der Waals surface area (Å²) in [5.74, 6) is 1.11. The number of hydrogen-bond donors (Lipinski definition) is 1. The molecule has 0 spiro atoms. The van der Waals surface area contributed by atoms with Crippen molar-refractivity contribution in [3.05, 3.63) is 41.0 Å². The zero-order valence-electron chi connectivity index (χ0n) is 15.4. The number of hydrogen-bond acceptors (Lipinski definition) is 3. The zero-order chi connectivity index (χ0) is 17.8. The van der Waals surface area contributed by atoms with Crippen molar-refractivity contribution in [1.29, 1.82) is 5.26 Å². The van der Waals surface area contributed by atoms with Crippen LogP contribution in [-0.2, 0) is 6.42 Å². The number of benzene rings is 1. The summed E-state index contributed by atoms with van der Waals surface area (Å²) in [5.41, 5.74) is 5.75. The van der Waals surface area contributed by atoms with Crippen molar-refractivity contribution in [3.8, 4) is 6.07 Å². The Morgan fingerprint density at radius 1 is 1.16 bits per heavy atom. The zero-order valence-corrected chi connectivity index (χ0v) is 15.4. The summed E-state index contributed by atoms with van der Waals surface area (Å²) in [6.45, 7) is 7.40. The van der Waals surface area contributed by atoms with E-state index in [-0.39, 0.29) is 0 Å². The van der Waals surface area contributed by atoms with Crippen LogP contribution >= 0.6 is 0 Å².